The summed E-state index contributed by atoms with van der Waals surface area (Å²) < 4.78 is 0. The Morgan fingerprint density at radius 3 is 2.69 bits per heavy atom. The molecule has 13 heavy (non-hydrogen) atoms. The van der Waals surface area contributed by atoms with Gasteiger partial charge in [0.1, 0.15) is 0 Å². The Labute approximate surface area is 84.7 Å². The fourth-order valence-corrected chi connectivity index (χ4v) is 2.56. The number of carbonyl (C=O) groups is 1. The van der Waals surface area contributed by atoms with E-state index in [1.807, 2.05) is 35.9 Å². The van der Waals surface area contributed by atoms with Gasteiger partial charge in [0.05, 0.1) is 4.88 Å². The molecule has 3 heteroatoms. The molecule has 0 aliphatic rings. The standard InChI is InChI=1S/C10H8OS2/c1-7-2-3-9(13-7)10(11)8-4-5-12-6-8/h2-6H,1H3. The van der Waals surface area contributed by atoms with E-state index in [4.69, 9.17) is 0 Å². The lowest BCUT2D eigenvalue weighted by atomic mass is 10.2. The van der Waals surface area contributed by atoms with Gasteiger partial charge in [-0.1, -0.05) is 0 Å². The number of carbonyl (C=O) groups excluding carboxylic acids is 1. The molecule has 0 fully saturated rings. The largest absolute Gasteiger partial charge is 0.288 e. The van der Waals surface area contributed by atoms with Crippen LogP contribution in [0.4, 0.5) is 0 Å². The Morgan fingerprint density at radius 1 is 1.31 bits per heavy atom. The molecule has 0 spiro atoms. The van der Waals surface area contributed by atoms with Crippen LogP contribution in [-0.2, 0) is 0 Å². The minimum Gasteiger partial charge on any atom is -0.288 e. The SMILES string of the molecule is Cc1ccc(C(=O)c2ccsc2)s1. The summed E-state index contributed by atoms with van der Waals surface area (Å²) in [6.07, 6.45) is 0. The van der Waals surface area contributed by atoms with E-state index in [2.05, 4.69) is 0 Å². The highest BCUT2D eigenvalue weighted by Gasteiger charge is 2.10. The predicted octanol–water partition coefficient (Wildman–Crippen LogP) is 3.35. The number of thiophene rings is 2. The first kappa shape index (κ1) is 8.66. The minimum absolute atomic E-state index is 0.138. The highest BCUT2D eigenvalue weighted by Crippen LogP contribution is 2.20. The molecule has 0 atom stereocenters. The summed E-state index contributed by atoms with van der Waals surface area (Å²) in [5.74, 6) is 0.138. The summed E-state index contributed by atoms with van der Waals surface area (Å²) in [7, 11) is 0. The molecule has 1 nitrogen and oxygen atoms in total. The van der Waals surface area contributed by atoms with Crippen LogP contribution in [-0.4, -0.2) is 5.78 Å². The third kappa shape index (κ3) is 1.71. The van der Waals surface area contributed by atoms with E-state index in [9.17, 15) is 4.79 Å². The van der Waals surface area contributed by atoms with Gasteiger partial charge >= 0.3 is 0 Å². The Balaban J connectivity index is 2.33. The van der Waals surface area contributed by atoms with Gasteiger partial charge in [-0.2, -0.15) is 11.3 Å². The highest BCUT2D eigenvalue weighted by atomic mass is 32.1. The zero-order valence-corrected chi connectivity index (χ0v) is 8.74. The van der Waals surface area contributed by atoms with Crippen LogP contribution in [0.15, 0.2) is 29.0 Å². The molecule has 0 radical (unpaired) electrons. The van der Waals surface area contributed by atoms with E-state index in [1.165, 1.54) is 4.88 Å². The zero-order valence-electron chi connectivity index (χ0n) is 7.11. The van der Waals surface area contributed by atoms with Crippen molar-refractivity contribution >= 4 is 28.5 Å². The highest BCUT2D eigenvalue weighted by molar-refractivity contribution is 7.14. The molecule has 2 rings (SSSR count). The zero-order chi connectivity index (χ0) is 9.26. The van der Waals surface area contributed by atoms with Gasteiger partial charge in [0, 0.05) is 15.8 Å². The quantitative estimate of drug-likeness (QED) is 0.692. The number of ketones is 1. The average molecular weight is 208 g/mol. The lowest BCUT2D eigenvalue weighted by Crippen LogP contribution is -1.94. The van der Waals surface area contributed by atoms with Crippen molar-refractivity contribution in [3.05, 3.63) is 44.3 Å². The molecular formula is C10H8OS2. The van der Waals surface area contributed by atoms with Crippen molar-refractivity contribution in [1.29, 1.82) is 0 Å². The summed E-state index contributed by atoms with van der Waals surface area (Å²) in [4.78, 5) is 13.7. The van der Waals surface area contributed by atoms with Crippen LogP contribution in [0.1, 0.15) is 20.1 Å². The third-order valence-electron chi connectivity index (χ3n) is 1.75. The van der Waals surface area contributed by atoms with Crippen molar-refractivity contribution in [3.8, 4) is 0 Å². The van der Waals surface area contributed by atoms with E-state index in [-0.39, 0.29) is 5.78 Å². The number of hydrogen-bond acceptors (Lipinski definition) is 3. The second-order valence-electron chi connectivity index (χ2n) is 2.75. The van der Waals surface area contributed by atoms with E-state index in [0.717, 1.165) is 10.4 Å². The van der Waals surface area contributed by atoms with Gasteiger partial charge in [0.15, 0.2) is 0 Å². The maximum atomic E-state index is 11.7. The van der Waals surface area contributed by atoms with E-state index < -0.39 is 0 Å². The molecule has 0 aliphatic carbocycles. The van der Waals surface area contributed by atoms with Crippen molar-refractivity contribution < 1.29 is 4.79 Å². The Hall–Kier alpha value is -0.930. The van der Waals surface area contributed by atoms with Gasteiger partial charge in [0.25, 0.3) is 0 Å². The lowest BCUT2D eigenvalue weighted by Gasteiger charge is -1.90. The fraction of sp³-hybridized carbons (Fsp3) is 0.100. The van der Waals surface area contributed by atoms with Gasteiger partial charge in [-0.3, -0.25) is 4.79 Å². The summed E-state index contributed by atoms with van der Waals surface area (Å²) in [5.41, 5.74) is 0.798. The molecule has 66 valence electrons. The van der Waals surface area contributed by atoms with Crippen LogP contribution >= 0.6 is 22.7 Å². The van der Waals surface area contributed by atoms with Crippen molar-refractivity contribution in [2.75, 3.05) is 0 Å². The van der Waals surface area contributed by atoms with Gasteiger partial charge in [-0.15, -0.1) is 11.3 Å². The minimum atomic E-state index is 0.138. The summed E-state index contributed by atoms with van der Waals surface area (Å²) in [5, 5.41) is 3.81. The summed E-state index contributed by atoms with van der Waals surface area (Å²) >= 11 is 3.10. The van der Waals surface area contributed by atoms with Crippen LogP contribution in [0, 0.1) is 6.92 Å². The van der Waals surface area contributed by atoms with Crippen LogP contribution in [0.5, 0.6) is 0 Å². The van der Waals surface area contributed by atoms with Crippen LogP contribution < -0.4 is 0 Å². The maximum absolute atomic E-state index is 11.7. The molecule has 2 aromatic rings. The van der Waals surface area contributed by atoms with Gasteiger partial charge < -0.3 is 0 Å². The Bertz CT molecular complexity index is 412. The van der Waals surface area contributed by atoms with E-state index in [0.29, 0.717) is 0 Å². The molecule has 0 bridgehead atoms. The lowest BCUT2D eigenvalue weighted by molar-refractivity contribution is 0.104. The first-order valence-corrected chi connectivity index (χ1v) is 5.66. The van der Waals surface area contributed by atoms with Crippen molar-refractivity contribution in [2.24, 2.45) is 0 Å². The van der Waals surface area contributed by atoms with Crippen molar-refractivity contribution in [1.82, 2.24) is 0 Å². The molecule has 0 N–H and O–H groups in total. The van der Waals surface area contributed by atoms with Gasteiger partial charge in [-0.05, 0) is 30.5 Å². The monoisotopic (exact) mass is 208 g/mol. The Morgan fingerprint density at radius 2 is 2.15 bits per heavy atom. The molecule has 0 amide bonds. The molecule has 2 heterocycles. The molecule has 0 aromatic carbocycles. The van der Waals surface area contributed by atoms with Crippen molar-refractivity contribution in [3.63, 3.8) is 0 Å². The molecule has 0 aliphatic heterocycles. The van der Waals surface area contributed by atoms with E-state index in [1.54, 1.807) is 22.7 Å². The van der Waals surface area contributed by atoms with Crippen LogP contribution in [0.3, 0.4) is 0 Å². The molecular weight excluding hydrogens is 200 g/mol. The summed E-state index contributed by atoms with van der Waals surface area (Å²) in [6.45, 7) is 2.01. The first-order chi connectivity index (χ1) is 6.27. The number of hydrogen-bond donors (Lipinski definition) is 0. The fourth-order valence-electron chi connectivity index (χ4n) is 1.09. The van der Waals surface area contributed by atoms with Crippen LogP contribution in [0.25, 0.3) is 0 Å². The molecule has 0 saturated heterocycles. The van der Waals surface area contributed by atoms with Crippen LogP contribution in [0.2, 0.25) is 0 Å². The second kappa shape index (κ2) is 3.44. The number of rotatable bonds is 2. The Kier molecular flexibility index (Phi) is 2.29. The normalized spacial score (nSPS) is 10.2. The second-order valence-corrected chi connectivity index (χ2v) is 4.82. The van der Waals surface area contributed by atoms with Crippen molar-refractivity contribution in [2.45, 2.75) is 6.92 Å². The predicted molar refractivity (Wildman–Crippen MR) is 56.8 cm³/mol. The average Bonchev–Trinajstić information content (AvgIpc) is 2.72. The number of aryl methyl sites for hydroxylation is 1. The molecule has 0 saturated carbocycles. The maximum Gasteiger partial charge on any atom is 0.203 e. The molecule has 0 unspecified atom stereocenters. The third-order valence-corrected chi connectivity index (χ3v) is 3.43. The van der Waals surface area contributed by atoms with Gasteiger partial charge in [0.2, 0.25) is 5.78 Å². The first-order valence-electron chi connectivity index (χ1n) is 3.91. The summed E-state index contributed by atoms with van der Waals surface area (Å²) in [6, 6.07) is 5.73. The molecule has 2 aromatic heterocycles. The topological polar surface area (TPSA) is 17.1 Å². The smallest absolute Gasteiger partial charge is 0.203 e. The van der Waals surface area contributed by atoms with Gasteiger partial charge in [-0.25, -0.2) is 0 Å². The van der Waals surface area contributed by atoms with E-state index >= 15 is 0 Å².